The molecule has 1 unspecified atom stereocenters. The van der Waals surface area contributed by atoms with Gasteiger partial charge in [0, 0.05) is 24.7 Å². The highest BCUT2D eigenvalue weighted by atomic mass is 16.1. The Bertz CT molecular complexity index is 381. The maximum atomic E-state index is 11.5. The third kappa shape index (κ3) is 1.50. The Hall–Kier alpha value is -1.12. The lowest BCUT2D eigenvalue weighted by Gasteiger charge is -2.22. The van der Waals surface area contributed by atoms with E-state index in [2.05, 4.69) is 11.9 Å². The molecule has 70 valence electrons. The van der Waals surface area contributed by atoms with Crippen LogP contribution in [0.15, 0.2) is 10.9 Å². The topological polar surface area (TPSA) is 34.9 Å². The van der Waals surface area contributed by atoms with Crippen molar-refractivity contribution in [3.05, 3.63) is 27.9 Å². The Morgan fingerprint density at radius 2 is 2.38 bits per heavy atom. The van der Waals surface area contributed by atoms with E-state index in [0.29, 0.717) is 5.92 Å². The van der Waals surface area contributed by atoms with Crippen molar-refractivity contribution in [2.24, 2.45) is 5.92 Å². The highest BCUT2D eigenvalue weighted by Crippen LogP contribution is 2.16. The Balaban J connectivity index is 2.53. The zero-order chi connectivity index (χ0) is 9.42. The molecule has 0 N–H and O–H groups in total. The maximum Gasteiger partial charge on any atom is 0.253 e. The van der Waals surface area contributed by atoms with Gasteiger partial charge in [-0.1, -0.05) is 6.92 Å². The van der Waals surface area contributed by atoms with Crippen molar-refractivity contribution in [3.8, 4) is 0 Å². The Morgan fingerprint density at radius 1 is 1.62 bits per heavy atom. The molecule has 1 aromatic rings. The first kappa shape index (κ1) is 8.48. The molecular formula is C10H14N2O. The molecule has 0 spiro atoms. The van der Waals surface area contributed by atoms with Crippen molar-refractivity contribution in [1.29, 1.82) is 0 Å². The number of rotatable bonds is 0. The molecule has 1 atom stereocenters. The van der Waals surface area contributed by atoms with Gasteiger partial charge in [0.15, 0.2) is 0 Å². The van der Waals surface area contributed by atoms with Gasteiger partial charge < -0.3 is 0 Å². The average molecular weight is 178 g/mol. The number of nitrogens with zero attached hydrogens (tertiary/aromatic N) is 2. The van der Waals surface area contributed by atoms with E-state index >= 15 is 0 Å². The number of aryl methyl sites for hydroxylation is 1. The minimum absolute atomic E-state index is 0.106. The minimum Gasteiger partial charge on any atom is -0.297 e. The van der Waals surface area contributed by atoms with Crippen molar-refractivity contribution in [1.82, 2.24) is 9.55 Å². The molecule has 0 aliphatic carbocycles. The number of aromatic nitrogens is 2. The molecule has 0 saturated heterocycles. The highest BCUT2D eigenvalue weighted by Gasteiger charge is 2.16. The molecule has 13 heavy (non-hydrogen) atoms. The second-order valence-corrected chi connectivity index (χ2v) is 3.90. The van der Waals surface area contributed by atoms with Crippen molar-refractivity contribution in [3.63, 3.8) is 0 Å². The van der Waals surface area contributed by atoms with Crippen LogP contribution in [0.1, 0.15) is 24.9 Å². The van der Waals surface area contributed by atoms with E-state index in [9.17, 15) is 4.79 Å². The van der Waals surface area contributed by atoms with Gasteiger partial charge in [-0.2, -0.15) is 0 Å². The van der Waals surface area contributed by atoms with Crippen molar-refractivity contribution in [2.45, 2.75) is 33.2 Å². The van der Waals surface area contributed by atoms with Gasteiger partial charge in [-0.25, -0.2) is 4.98 Å². The lowest BCUT2D eigenvalue weighted by atomic mass is 10.00. The Labute approximate surface area is 77.4 Å². The predicted octanol–water partition coefficient (Wildman–Crippen LogP) is 1.13. The largest absolute Gasteiger partial charge is 0.297 e. The summed E-state index contributed by atoms with van der Waals surface area (Å²) in [6.07, 6.45) is 2.04. The van der Waals surface area contributed by atoms with Crippen LogP contribution in [0, 0.1) is 12.8 Å². The van der Waals surface area contributed by atoms with E-state index in [0.717, 1.165) is 30.9 Å². The summed E-state index contributed by atoms with van der Waals surface area (Å²) in [5.74, 6) is 1.62. The van der Waals surface area contributed by atoms with Crippen LogP contribution < -0.4 is 5.56 Å². The molecule has 0 bridgehead atoms. The summed E-state index contributed by atoms with van der Waals surface area (Å²) >= 11 is 0. The predicted molar refractivity (Wildman–Crippen MR) is 50.7 cm³/mol. The summed E-state index contributed by atoms with van der Waals surface area (Å²) in [7, 11) is 0. The molecule has 0 radical (unpaired) electrons. The molecular weight excluding hydrogens is 164 g/mol. The van der Waals surface area contributed by atoms with E-state index in [1.165, 1.54) is 0 Å². The molecule has 1 aromatic heterocycles. The van der Waals surface area contributed by atoms with Crippen molar-refractivity contribution < 1.29 is 0 Å². The van der Waals surface area contributed by atoms with Gasteiger partial charge in [-0.05, 0) is 19.3 Å². The van der Waals surface area contributed by atoms with Crippen LogP contribution in [0.25, 0.3) is 0 Å². The monoisotopic (exact) mass is 178 g/mol. The van der Waals surface area contributed by atoms with Gasteiger partial charge in [0.25, 0.3) is 5.56 Å². The summed E-state index contributed by atoms with van der Waals surface area (Å²) in [5.41, 5.74) is 0.944. The molecule has 3 heteroatoms. The smallest absolute Gasteiger partial charge is 0.253 e. The number of fused-ring (bicyclic) bond motifs is 1. The van der Waals surface area contributed by atoms with Crippen molar-refractivity contribution in [2.75, 3.05) is 0 Å². The number of hydrogen-bond acceptors (Lipinski definition) is 2. The summed E-state index contributed by atoms with van der Waals surface area (Å²) in [6, 6.07) is 1.61. The van der Waals surface area contributed by atoms with Gasteiger partial charge in [-0.3, -0.25) is 9.36 Å². The van der Waals surface area contributed by atoms with Gasteiger partial charge in [0.05, 0.1) is 0 Å². The zero-order valence-corrected chi connectivity index (χ0v) is 8.08. The zero-order valence-electron chi connectivity index (χ0n) is 8.08. The van der Waals surface area contributed by atoms with Crippen LogP contribution in [0.3, 0.4) is 0 Å². The molecule has 1 aliphatic rings. The molecule has 0 aromatic carbocycles. The van der Waals surface area contributed by atoms with E-state index in [1.54, 1.807) is 10.6 Å². The van der Waals surface area contributed by atoms with Crippen LogP contribution >= 0.6 is 0 Å². The molecule has 0 fully saturated rings. The van der Waals surface area contributed by atoms with E-state index in [1.807, 2.05) is 6.92 Å². The average Bonchev–Trinajstić information content (AvgIpc) is 2.02. The van der Waals surface area contributed by atoms with Crippen LogP contribution in [-0.2, 0) is 13.0 Å². The standard InChI is InChI=1S/C10H14N2O/c1-7-3-4-12-9(5-7)11-8(2)6-10(12)13/h6-7H,3-5H2,1-2H3. The molecule has 2 rings (SSSR count). The van der Waals surface area contributed by atoms with Crippen LogP contribution in [-0.4, -0.2) is 9.55 Å². The molecule has 0 amide bonds. The summed E-state index contributed by atoms with van der Waals surface area (Å²) in [5, 5.41) is 0. The quantitative estimate of drug-likeness (QED) is 0.597. The second kappa shape index (κ2) is 2.98. The van der Waals surface area contributed by atoms with E-state index in [-0.39, 0.29) is 5.56 Å². The lowest BCUT2D eigenvalue weighted by molar-refractivity contribution is 0.393. The first-order valence-corrected chi connectivity index (χ1v) is 4.74. The van der Waals surface area contributed by atoms with Crippen LogP contribution in [0.2, 0.25) is 0 Å². The molecule has 3 nitrogen and oxygen atoms in total. The SMILES string of the molecule is Cc1cc(=O)n2c(n1)CC(C)CC2. The van der Waals surface area contributed by atoms with Crippen molar-refractivity contribution >= 4 is 0 Å². The van der Waals surface area contributed by atoms with Gasteiger partial charge in [0.1, 0.15) is 5.82 Å². The van der Waals surface area contributed by atoms with E-state index in [4.69, 9.17) is 0 Å². The van der Waals surface area contributed by atoms with Gasteiger partial charge in [-0.15, -0.1) is 0 Å². The first-order chi connectivity index (χ1) is 6.16. The summed E-state index contributed by atoms with van der Waals surface area (Å²) < 4.78 is 1.80. The fraction of sp³-hybridized carbons (Fsp3) is 0.600. The third-order valence-electron chi connectivity index (χ3n) is 2.59. The fourth-order valence-electron chi connectivity index (χ4n) is 1.84. The van der Waals surface area contributed by atoms with Crippen LogP contribution in [0.4, 0.5) is 0 Å². The molecule has 0 saturated carbocycles. The maximum absolute atomic E-state index is 11.5. The summed E-state index contributed by atoms with van der Waals surface area (Å²) in [6.45, 7) is 4.92. The first-order valence-electron chi connectivity index (χ1n) is 4.74. The molecule has 1 aliphatic heterocycles. The highest BCUT2D eigenvalue weighted by molar-refractivity contribution is 5.05. The normalized spacial score (nSPS) is 21.2. The second-order valence-electron chi connectivity index (χ2n) is 3.90. The Morgan fingerprint density at radius 3 is 3.15 bits per heavy atom. The third-order valence-corrected chi connectivity index (χ3v) is 2.59. The summed E-state index contributed by atoms with van der Waals surface area (Å²) in [4.78, 5) is 15.9. The fourth-order valence-corrected chi connectivity index (χ4v) is 1.84. The molecule has 2 heterocycles. The lowest BCUT2D eigenvalue weighted by Crippen LogP contribution is -2.30. The van der Waals surface area contributed by atoms with Crippen LogP contribution in [0.5, 0.6) is 0 Å². The van der Waals surface area contributed by atoms with Gasteiger partial charge >= 0.3 is 0 Å². The number of hydrogen-bond donors (Lipinski definition) is 0. The van der Waals surface area contributed by atoms with E-state index < -0.39 is 0 Å². The Kier molecular flexibility index (Phi) is 1.94. The minimum atomic E-state index is 0.106. The van der Waals surface area contributed by atoms with Gasteiger partial charge in [0.2, 0.25) is 0 Å².